The van der Waals surface area contributed by atoms with Gasteiger partial charge in [0.25, 0.3) is 0 Å². The maximum absolute atomic E-state index is 14.7. The Hall–Kier alpha value is -5.80. The lowest BCUT2D eigenvalue weighted by Gasteiger charge is -2.37. The molecule has 7 aromatic rings. The normalized spacial score (nSPS) is 11.4. The molecule has 250 valence electrons. The summed E-state index contributed by atoms with van der Waals surface area (Å²) in [5, 5.41) is 21.1. The Bertz CT molecular complexity index is 2240. The Balaban J connectivity index is 1.48. The molecule has 7 aromatic carbocycles. The first-order chi connectivity index (χ1) is 24.7. The van der Waals surface area contributed by atoms with Gasteiger partial charge in [-0.3, -0.25) is 0 Å². The SMILES string of the molecule is OB(O)OC(c1ccc(-c2cccc(F)c2)cc1)(c1ccc(-c2cccc(F)c2)cc1)c1ccc(-c2cccc(F)c2)c(-c2cccc(F)c2)c1. The minimum absolute atomic E-state index is 0.390. The zero-order valence-electron chi connectivity index (χ0n) is 27.0. The molecular formula is C43H29BF4O3. The Morgan fingerprint density at radius 2 is 0.745 bits per heavy atom. The second-order valence-corrected chi connectivity index (χ2v) is 12.1. The highest BCUT2D eigenvalue weighted by Gasteiger charge is 2.41. The molecule has 51 heavy (non-hydrogen) atoms. The highest BCUT2D eigenvalue weighted by atomic mass is 19.1. The summed E-state index contributed by atoms with van der Waals surface area (Å²) >= 11 is 0. The van der Waals surface area contributed by atoms with Crippen LogP contribution in [0.15, 0.2) is 164 Å². The predicted molar refractivity (Wildman–Crippen MR) is 192 cm³/mol. The van der Waals surface area contributed by atoms with Gasteiger partial charge in [0, 0.05) is 0 Å². The van der Waals surface area contributed by atoms with Crippen molar-refractivity contribution in [2.75, 3.05) is 0 Å². The predicted octanol–water partition coefficient (Wildman–Crippen LogP) is 10.2. The van der Waals surface area contributed by atoms with Crippen molar-refractivity contribution in [2.24, 2.45) is 0 Å². The summed E-state index contributed by atoms with van der Waals surface area (Å²) in [6.07, 6.45) is 0. The van der Waals surface area contributed by atoms with Crippen molar-refractivity contribution in [2.45, 2.75) is 5.60 Å². The van der Waals surface area contributed by atoms with E-state index < -0.39 is 24.6 Å². The van der Waals surface area contributed by atoms with Crippen molar-refractivity contribution in [1.29, 1.82) is 0 Å². The van der Waals surface area contributed by atoms with Crippen LogP contribution < -0.4 is 0 Å². The quantitative estimate of drug-likeness (QED) is 0.0907. The monoisotopic (exact) mass is 680 g/mol. The lowest BCUT2D eigenvalue weighted by atomic mass is 9.76. The number of benzene rings is 7. The van der Waals surface area contributed by atoms with Crippen LogP contribution in [0.1, 0.15) is 16.7 Å². The maximum Gasteiger partial charge on any atom is 0.635 e. The van der Waals surface area contributed by atoms with Gasteiger partial charge in [-0.15, -0.1) is 0 Å². The molecule has 0 atom stereocenters. The fourth-order valence-electron chi connectivity index (χ4n) is 6.56. The molecule has 0 fully saturated rings. The third-order valence-electron chi connectivity index (χ3n) is 8.88. The summed E-state index contributed by atoms with van der Waals surface area (Å²) in [6, 6.07) is 43.8. The largest absolute Gasteiger partial charge is 0.635 e. The van der Waals surface area contributed by atoms with Crippen LogP contribution >= 0.6 is 0 Å². The van der Waals surface area contributed by atoms with E-state index in [1.165, 1.54) is 48.5 Å². The van der Waals surface area contributed by atoms with Gasteiger partial charge in [-0.25, -0.2) is 17.6 Å². The van der Waals surface area contributed by atoms with Crippen molar-refractivity contribution in [1.82, 2.24) is 0 Å². The van der Waals surface area contributed by atoms with Crippen LogP contribution in [0.5, 0.6) is 0 Å². The van der Waals surface area contributed by atoms with Gasteiger partial charge in [-0.1, -0.05) is 109 Å². The van der Waals surface area contributed by atoms with Gasteiger partial charge in [-0.2, -0.15) is 0 Å². The van der Waals surface area contributed by atoms with Crippen molar-refractivity contribution in [3.8, 4) is 44.5 Å². The molecule has 0 aromatic heterocycles. The second kappa shape index (κ2) is 14.2. The fraction of sp³-hybridized carbons (Fsp3) is 0.0233. The summed E-state index contributed by atoms with van der Waals surface area (Å²) in [4.78, 5) is 0. The number of rotatable bonds is 9. The molecule has 7 rings (SSSR count). The molecule has 8 heteroatoms. The maximum atomic E-state index is 14.7. The Morgan fingerprint density at radius 1 is 0.373 bits per heavy atom. The van der Waals surface area contributed by atoms with E-state index in [0.717, 1.165) is 0 Å². The molecule has 0 bridgehead atoms. The Labute approximate surface area is 292 Å². The van der Waals surface area contributed by atoms with Gasteiger partial charge < -0.3 is 14.7 Å². The second-order valence-electron chi connectivity index (χ2n) is 12.1. The van der Waals surface area contributed by atoms with Gasteiger partial charge in [0.15, 0.2) is 0 Å². The highest BCUT2D eigenvalue weighted by Crippen LogP contribution is 2.45. The van der Waals surface area contributed by atoms with Gasteiger partial charge in [0.2, 0.25) is 0 Å². The first kappa shape index (κ1) is 33.7. The fourth-order valence-corrected chi connectivity index (χ4v) is 6.56. The summed E-state index contributed by atoms with van der Waals surface area (Å²) in [5.74, 6) is -1.70. The van der Waals surface area contributed by atoms with Crippen LogP contribution in [0, 0.1) is 23.3 Å². The van der Waals surface area contributed by atoms with Gasteiger partial charge >= 0.3 is 7.32 Å². The van der Waals surface area contributed by atoms with Crippen LogP contribution in [-0.2, 0) is 10.3 Å². The lowest BCUT2D eigenvalue weighted by Crippen LogP contribution is -2.39. The van der Waals surface area contributed by atoms with E-state index >= 15 is 0 Å². The molecule has 0 aliphatic carbocycles. The van der Waals surface area contributed by atoms with E-state index in [-0.39, 0.29) is 11.6 Å². The van der Waals surface area contributed by atoms with Crippen LogP contribution in [0.4, 0.5) is 17.6 Å². The summed E-state index contributed by atoms with van der Waals surface area (Å²) < 4.78 is 63.6. The van der Waals surface area contributed by atoms with Gasteiger partial charge in [-0.05, 0) is 116 Å². The van der Waals surface area contributed by atoms with E-state index in [1.807, 2.05) is 0 Å². The average Bonchev–Trinajstić information content (AvgIpc) is 3.14. The number of hydrogen-bond acceptors (Lipinski definition) is 3. The van der Waals surface area contributed by atoms with Crippen molar-refractivity contribution in [3.63, 3.8) is 0 Å². The van der Waals surface area contributed by atoms with Gasteiger partial charge in [0.1, 0.15) is 28.9 Å². The molecule has 0 amide bonds. The Kier molecular flexibility index (Phi) is 9.39. The van der Waals surface area contributed by atoms with Crippen LogP contribution in [0.3, 0.4) is 0 Å². The minimum Gasteiger partial charge on any atom is -0.402 e. The number of halogens is 4. The molecule has 0 heterocycles. The van der Waals surface area contributed by atoms with Crippen molar-refractivity contribution in [3.05, 3.63) is 204 Å². The van der Waals surface area contributed by atoms with Crippen LogP contribution in [0.25, 0.3) is 44.5 Å². The van der Waals surface area contributed by atoms with Gasteiger partial charge in [0.05, 0.1) is 0 Å². The van der Waals surface area contributed by atoms with E-state index in [9.17, 15) is 27.6 Å². The molecule has 0 spiro atoms. The first-order valence-corrected chi connectivity index (χ1v) is 16.1. The smallest absolute Gasteiger partial charge is 0.402 e. The summed E-state index contributed by atoms with van der Waals surface area (Å²) in [6.45, 7) is 0. The summed E-state index contributed by atoms with van der Waals surface area (Å²) in [5.41, 5.74) is 4.59. The molecule has 0 radical (unpaired) electrons. The molecule has 2 N–H and O–H groups in total. The molecule has 3 nitrogen and oxygen atoms in total. The molecule has 0 aliphatic rings. The third kappa shape index (κ3) is 6.98. The van der Waals surface area contributed by atoms with E-state index in [4.69, 9.17) is 4.65 Å². The zero-order chi connectivity index (χ0) is 35.5. The standard InChI is InChI=1S/C43H29BF4O3/c45-37-9-1-5-30(23-37)28-13-17-34(18-14-28)43(51-44(49)50,35-19-15-29(16-20-35)31-6-2-10-38(46)24-31)36-21-22-41(32-7-3-11-39(47)25-32)42(27-36)33-8-4-12-40(48)26-33/h1-27,49-50H. The molecule has 0 saturated heterocycles. The van der Waals surface area contributed by atoms with E-state index in [2.05, 4.69) is 0 Å². The average molecular weight is 681 g/mol. The molecule has 0 saturated carbocycles. The summed E-state index contributed by atoms with van der Waals surface area (Å²) in [7, 11) is -2.27. The molecular weight excluding hydrogens is 651 g/mol. The van der Waals surface area contributed by atoms with Crippen LogP contribution in [0.2, 0.25) is 0 Å². The first-order valence-electron chi connectivity index (χ1n) is 16.1. The third-order valence-corrected chi connectivity index (χ3v) is 8.88. The Morgan fingerprint density at radius 3 is 1.16 bits per heavy atom. The number of hydrogen-bond donors (Lipinski definition) is 2. The molecule has 0 aliphatic heterocycles. The molecule has 0 unspecified atom stereocenters. The van der Waals surface area contributed by atoms with E-state index in [0.29, 0.717) is 61.2 Å². The lowest BCUT2D eigenvalue weighted by molar-refractivity contribution is 0.0816. The van der Waals surface area contributed by atoms with Crippen molar-refractivity contribution < 1.29 is 32.3 Å². The zero-order valence-corrected chi connectivity index (χ0v) is 27.0. The topological polar surface area (TPSA) is 49.7 Å². The van der Waals surface area contributed by atoms with E-state index in [1.54, 1.807) is 115 Å². The highest BCUT2D eigenvalue weighted by molar-refractivity contribution is 6.33. The van der Waals surface area contributed by atoms with Crippen LogP contribution in [-0.4, -0.2) is 17.4 Å². The minimum atomic E-state index is -2.27. The van der Waals surface area contributed by atoms with Crippen molar-refractivity contribution >= 4 is 7.32 Å².